The van der Waals surface area contributed by atoms with Gasteiger partial charge in [-0.2, -0.15) is 11.8 Å². The van der Waals surface area contributed by atoms with E-state index in [0.29, 0.717) is 0 Å². The van der Waals surface area contributed by atoms with Gasteiger partial charge < -0.3 is 10.2 Å². The van der Waals surface area contributed by atoms with E-state index in [1.807, 2.05) is 0 Å². The highest BCUT2D eigenvalue weighted by Gasteiger charge is 2.33. The van der Waals surface area contributed by atoms with Crippen LogP contribution in [0.2, 0.25) is 0 Å². The molecule has 0 spiro atoms. The maximum atomic E-state index is 3.64. The number of hydrogen-bond acceptors (Lipinski definition) is 3. The number of fused-ring (bicyclic) bond motifs is 1. The van der Waals surface area contributed by atoms with Crippen LogP contribution in [0.1, 0.15) is 19.3 Å². The van der Waals surface area contributed by atoms with Gasteiger partial charge >= 0.3 is 0 Å². The highest BCUT2D eigenvalue weighted by Crippen LogP contribution is 2.28. The van der Waals surface area contributed by atoms with Gasteiger partial charge in [0.1, 0.15) is 0 Å². The Balaban J connectivity index is 0.000000963. The Kier molecular flexibility index (Phi) is 4.83. The molecule has 0 aromatic rings. The first-order valence-electron chi connectivity index (χ1n) is 6.45. The van der Waals surface area contributed by atoms with Gasteiger partial charge in [-0.05, 0) is 55.7 Å². The second kappa shape index (κ2) is 5.94. The van der Waals surface area contributed by atoms with Crippen molar-refractivity contribution in [3.63, 3.8) is 0 Å². The number of nitrogens with zero attached hydrogens (tertiary/aromatic N) is 1. The van der Waals surface area contributed by atoms with E-state index in [-0.39, 0.29) is 12.4 Å². The molecular weight excluding hydrogens is 240 g/mol. The van der Waals surface area contributed by atoms with E-state index in [0.717, 1.165) is 17.9 Å². The lowest BCUT2D eigenvalue weighted by molar-refractivity contribution is 0.146. The van der Waals surface area contributed by atoms with Crippen LogP contribution in [0.5, 0.6) is 0 Å². The Morgan fingerprint density at radius 3 is 3.00 bits per heavy atom. The molecule has 0 saturated carbocycles. The quantitative estimate of drug-likeness (QED) is 0.818. The summed E-state index contributed by atoms with van der Waals surface area (Å²) >= 11 is 2.15. The third-order valence-corrected chi connectivity index (χ3v) is 5.51. The van der Waals surface area contributed by atoms with Crippen LogP contribution in [-0.2, 0) is 0 Å². The van der Waals surface area contributed by atoms with Crippen LogP contribution in [-0.4, -0.2) is 48.6 Å². The molecule has 3 fully saturated rings. The van der Waals surface area contributed by atoms with E-state index >= 15 is 0 Å². The first-order valence-corrected chi connectivity index (χ1v) is 7.61. The molecule has 3 rings (SSSR count). The van der Waals surface area contributed by atoms with Crippen LogP contribution in [0.15, 0.2) is 0 Å². The maximum Gasteiger partial charge on any atom is 0.0120 e. The Morgan fingerprint density at radius 1 is 1.25 bits per heavy atom. The summed E-state index contributed by atoms with van der Waals surface area (Å²) in [6.45, 7) is 5.37. The molecular formula is C12H23ClN2S. The van der Waals surface area contributed by atoms with E-state index in [9.17, 15) is 0 Å². The smallest absolute Gasteiger partial charge is 0.0120 e. The Bertz CT molecular complexity index is 219. The van der Waals surface area contributed by atoms with Gasteiger partial charge in [-0.1, -0.05) is 0 Å². The van der Waals surface area contributed by atoms with Crippen molar-refractivity contribution in [3.05, 3.63) is 0 Å². The zero-order chi connectivity index (χ0) is 10.1. The van der Waals surface area contributed by atoms with Crippen LogP contribution < -0.4 is 5.32 Å². The maximum absolute atomic E-state index is 3.64. The molecule has 3 saturated heterocycles. The van der Waals surface area contributed by atoms with Crippen molar-refractivity contribution in [1.29, 1.82) is 0 Å². The van der Waals surface area contributed by atoms with Crippen molar-refractivity contribution in [1.82, 2.24) is 10.2 Å². The topological polar surface area (TPSA) is 15.3 Å². The molecule has 2 nitrogen and oxygen atoms in total. The van der Waals surface area contributed by atoms with E-state index in [1.165, 1.54) is 56.9 Å². The van der Waals surface area contributed by atoms with Gasteiger partial charge in [0.2, 0.25) is 0 Å². The Labute approximate surface area is 109 Å². The first kappa shape index (κ1) is 13.0. The van der Waals surface area contributed by atoms with Gasteiger partial charge in [0.05, 0.1) is 0 Å². The van der Waals surface area contributed by atoms with Crippen molar-refractivity contribution in [3.8, 4) is 0 Å². The number of rotatable bonds is 2. The van der Waals surface area contributed by atoms with Gasteiger partial charge in [-0.25, -0.2) is 0 Å². The summed E-state index contributed by atoms with van der Waals surface area (Å²) in [6.07, 6.45) is 4.28. The number of thioether (sulfide) groups is 1. The zero-order valence-electron chi connectivity index (χ0n) is 9.86. The number of halogens is 1. The molecule has 3 aliphatic heterocycles. The highest BCUT2D eigenvalue weighted by molar-refractivity contribution is 7.99. The van der Waals surface area contributed by atoms with Gasteiger partial charge in [-0.15, -0.1) is 12.4 Å². The molecule has 16 heavy (non-hydrogen) atoms. The average Bonchev–Trinajstić information content (AvgIpc) is 2.87. The minimum Gasteiger partial charge on any atom is -0.314 e. The normalized spacial score (nSPS) is 39.4. The summed E-state index contributed by atoms with van der Waals surface area (Å²) in [7, 11) is 0. The van der Waals surface area contributed by atoms with Crippen molar-refractivity contribution >= 4 is 24.2 Å². The second-order valence-corrected chi connectivity index (χ2v) is 6.54. The standard InChI is InChI=1S/C12H22N2S.ClH/c1-4-13-12-2-5-14(8-11(1)12)7-10-3-6-15-9-10;/h10-13H,1-9H2;1H. The number of piperidine rings is 1. The molecule has 0 aromatic heterocycles. The Hall–Kier alpha value is 0.560. The van der Waals surface area contributed by atoms with Gasteiger partial charge in [0, 0.05) is 19.1 Å². The molecule has 1 N–H and O–H groups in total. The van der Waals surface area contributed by atoms with Gasteiger partial charge in [-0.3, -0.25) is 0 Å². The fourth-order valence-electron chi connectivity index (χ4n) is 3.38. The zero-order valence-corrected chi connectivity index (χ0v) is 11.5. The molecule has 0 aromatic carbocycles. The minimum absolute atomic E-state index is 0. The fourth-order valence-corrected chi connectivity index (χ4v) is 4.65. The highest BCUT2D eigenvalue weighted by atomic mass is 35.5. The molecule has 3 heterocycles. The van der Waals surface area contributed by atoms with Gasteiger partial charge in [0.25, 0.3) is 0 Å². The van der Waals surface area contributed by atoms with Crippen LogP contribution in [0.3, 0.4) is 0 Å². The number of nitrogens with one attached hydrogen (secondary N) is 1. The van der Waals surface area contributed by atoms with Crippen molar-refractivity contribution in [2.75, 3.05) is 37.7 Å². The molecule has 0 amide bonds. The largest absolute Gasteiger partial charge is 0.314 e. The number of hydrogen-bond donors (Lipinski definition) is 1. The molecule has 0 aliphatic carbocycles. The predicted octanol–water partition coefficient (Wildman–Crippen LogP) is 1.85. The van der Waals surface area contributed by atoms with Crippen LogP contribution in [0.25, 0.3) is 0 Å². The fraction of sp³-hybridized carbons (Fsp3) is 1.00. The van der Waals surface area contributed by atoms with E-state index in [2.05, 4.69) is 22.0 Å². The van der Waals surface area contributed by atoms with Gasteiger partial charge in [0.15, 0.2) is 0 Å². The van der Waals surface area contributed by atoms with Crippen LogP contribution in [0, 0.1) is 11.8 Å². The third-order valence-electron chi connectivity index (χ3n) is 4.28. The third kappa shape index (κ3) is 2.87. The summed E-state index contributed by atoms with van der Waals surface area (Å²) in [5.74, 6) is 4.79. The molecule has 3 unspecified atom stereocenters. The lowest BCUT2D eigenvalue weighted by Crippen LogP contribution is -2.45. The van der Waals surface area contributed by atoms with E-state index in [4.69, 9.17) is 0 Å². The van der Waals surface area contributed by atoms with Crippen molar-refractivity contribution < 1.29 is 0 Å². The van der Waals surface area contributed by atoms with Crippen molar-refractivity contribution in [2.45, 2.75) is 25.3 Å². The molecule has 94 valence electrons. The lowest BCUT2D eigenvalue weighted by atomic mass is 9.92. The van der Waals surface area contributed by atoms with Crippen molar-refractivity contribution in [2.24, 2.45) is 11.8 Å². The molecule has 3 atom stereocenters. The summed E-state index contributed by atoms with van der Waals surface area (Å²) in [5, 5.41) is 3.64. The summed E-state index contributed by atoms with van der Waals surface area (Å²) in [5.41, 5.74) is 0. The minimum atomic E-state index is 0. The second-order valence-electron chi connectivity index (χ2n) is 5.39. The monoisotopic (exact) mass is 262 g/mol. The Morgan fingerprint density at radius 2 is 2.19 bits per heavy atom. The number of likely N-dealkylation sites (tertiary alicyclic amines) is 1. The average molecular weight is 263 g/mol. The molecule has 0 radical (unpaired) electrons. The summed E-state index contributed by atoms with van der Waals surface area (Å²) in [4.78, 5) is 2.74. The lowest BCUT2D eigenvalue weighted by Gasteiger charge is -2.36. The van der Waals surface area contributed by atoms with Crippen LogP contribution >= 0.6 is 24.2 Å². The molecule has 3 aliphatic rings. The summed E-state index contributed by atoms with van der Waals surface area (Å²) in [6, 6.07) is 0.860. The predicted molar refractivity (Wildman–Crippen MR) is 73.6 cm³/mol. The summed E-state index contributed by atoms with van der Waals surface area (Å²) < 4.78 is 0. The van der Waals surface area contributed by atoms with E-state index in [1.54, 1.807) is 0 Å². The molecule has 0 bridgehead atoms. The first-order chi connectivity index (χ1) is 7.42. The van der Waals surface area contributed by atoms with E-state index < -0.39 is 0 Å². The SMILES string of the molecule is C1CC2CN(CC3CCSC3)CCC2N1.Cl. The molecule has 4 heteroatoms. The van der Waals surface area contributed by atoms with Crippen LogP contribution in [0.4, 0.5) is 0 Å².